The van der Waals surface area contributed by atoms with E-state index in [1.54, 1.807) is 13.1 Å². The number of hydrogen-bond acceptors (Lipinski definition) is 4. The van der Waals surface area contributed by atoms with Crippen molar-refractivity contribution in [3.05, 3.63) is 30.1 Å². The van der Waals surface area contributed by atoms with Gasteiger partial charge in [0.1, 0.15) is 0 Å². The smallest absolute Gasteiger partial charge is 0.212 e. The fraction of sp³-hybridized carbons (Fsp3) is 0.615. The van der Waals surface area contributed by atoms with Crippen LogP contribution in [0, 0.1) is 0 Å². The summed E-state index contributed by atoms with van der Waals surface area (Å²) in [4.78, 5) is 4.14. The zero-order chi connectivity index (χ0) is 14.3. The molecule has 1 aromatic heterocycles. The fourth-order valence-electron chi connectivity index (χ4n) is 1.67. The molecule has 0 spiro atoms. The molecule has 6 heteroatoms. The molecule has 1 atom stereocenters. The molecule has 0 aliphatic carbocycles. The Kier molecular flexibility index (Phi) is 6.41. The molecule has 1 rings (SSSR count). The maximum absolute atomic E-state index is 11.9. The first-order valence-electron chi connectivity index (χ1n) is 6.55. The zero-order valence-corrected chi connectivity index (χ0v) is 12.6. The third kappa shape index (κ3) is 6.66. The number of rotatable bonds is 8. The van der Waals surface area contributed by atoms with E-state index in [0.29, 0.717) is 19.0 Å². The summed E-state index contributed by atoms with van der Waals surface area (Å²) < 4.78 is 26.4. The molecule has 1 heterocycles. The zero-order valence-electron chi connectivity index (χ0n) is 11.8. The van der Waals surface area contributed by atoms with E-state index < -0.39 is 10.0 Å². The minimum absolute atomic E-state index is 0.129. The van der Waals surface area contributed by atoms with Crippen molar-refractivity contribution in [2.24, 2.45) is 0 Å². The number of aromatic nitrogens is 1. The number of hydrogen-bond donors (Lipinski definition) is 2. The van der Waals surface area contributed by atoms with E-state index in [0.717, 1.165) is 5.69 Å². The summed E-state index contributed by atoms with van der Waals surface area (Å²) in [5, 5.41) is 3.20. The molecule has 0 saturated carbocycles. The first kappa shape index (κ1) is 16.1. The second-order valence-electron chi connectivity index (χ2n) is 4.88. The van der Waals surface area contributed by atoms with Gasteiger partial charge in [-0.3, -0.25) is 4.98 Å². The Labute approximate surface area is 115 Å². The van der Waals surface area contributed by atoms with Crippen LogP contribution in [0.25, 0.3) is 0 Å². The van der Waals surface area contributed by atoms with Crippen LogP contribution in [0.3, 0.4) is 0 Å². The SMILES string of the molecule is CC(C)NCCCS(=O)(=O)NC(C)c1ccccn1. The molecule has 1 unspecified atom stereocenters. The summed E-state index contributed by atoms with van der Waals surface area (Å²) in [6.45, 7) is 6.58. The van der Waals surface area contributed by atoms with Gasteiger partial charge in [0.2, 0.25) is 10.0 Å². The van der Waals surface area contributed by atoms with Gasteiger partial charge in [-0.25, -0.2) is 13.1 Å². The molecule has 0 radical (unpaired) electrons. The van der Waals surface area contributed by atoms with Gasteiger partial charge in [0, 0.05) is 12.2 Å². The van der Waals surface area contributed by atoms with Gasteiger partial charge in [0.05, 0.1) is 17.5 Å². The normalized spacial score (nSPS) is 13.7. The van der Waals surface area contributed by atoms with E-state index in [-0.39, 0.29) is 11.8 Å². The second-order valence-corrected chi connectivity index (χ2v) is 6.75. The van der Waals surface area contributed by atoms with Crippen molar-refractivity contribution < 1.29 is 8.42 Å². The van der Waals surface area contributed by atoms with Crippen LogP contribution >= 0.6 is 0 Å². The lowest BCUT2D eigenvalue weighted by Gasteiger charge is -2.14. The van der Waals surface area contributed by atoms with E-state index in [2.05, 4.69) is 15.0 Å². The van der Waals surface area contributed by atoms with Crippen LogP contribution in [0.1, 0.15) is 38.9 Å². The van der Waals surface area contributed by atoms with Crippen molar-refractivity contribution in [2.45, 2.75) is 39.3 Å². The van der Waals surface area contributed by atoms with E-state index in [1.807, 2.05) is 32.0 Å². The van der Waals surface area contributed by atoms with Gasteiger partial charge in [-0.05, 0) is 32.0 Å². The first-order chi connectivity index (χ1) is 8.91. The Morgan fingerprint density at radius 1 is 1.26 bits per heavy atom. The highest BCUT2D eigenvalue weighted by Crippen LogP contribution is 2.09. The molecule has 0 aliphatic rings. The standard InChI is InChI=1S/C13H23N3O2S/c1-11(2)14-9-6-10-19(17,18)16-12(3)13-7-4-5-8-15-13/h4-5,7-8,11-12,14,16H,6,9-10H2,1-3H3. The molecule has 19 heavy (non-hydrogen) atoms. The molecule has 2 N–H and O–H groups in total. The monoisotopic (exact) mass is 285 g/mol. The fourth-order valence-corrected chi connectivity index (χ4v) is 2.98. The third-order valence-corrected chi connectivity index (χ3v) is 4.17. The minimum Gasteiger partial charge on any atom is -0.314 e. The lowest BCUT2D eigenvalue weighted by atomic mass is 10.2. The van der Waals surface area contributed by atoms with Gasteiger partial charge < -0.3 is 5.32 Å². The first-order valence-corrected chi connectivity index (χ1v) is 8.20. The van der Waals surface area contributed by atoms with Crippen LogP contribution in [-0.2, 0) is 10.0 Å². The van der Waals surface area contributed by atoms with Crippen molar-refractivity contribution in [2.75, 3.05) is 12.3 Å². The molecule has 0 saturated heterocycles. The average molecular weight is 285 g/mol. The summed E-state index contributed by atoms with van der Waals surface area (Å²) in [6, 6.07) is 5.54. The van der Waals surface area contributed by atoms with Gasteiger partial charge in [-0.15, -0.1) is 0 Å². The molecule has 0 bridgehead atoms. The quantitative estimate of drug-likeness (QED) is 0.709. The number of pyridine rings is 1. The van der Waals surface area contributed by atoms with Gasteiger partial charge >= 0.3 is 0 Å². The maximum Gasteiger partial charge on any atom is 0.212 e. The predicted octanol–water partition coefficient (Wildman–Crippen LogP) is 1.45. The lowest BCUT2D eigenvalue weighted by Crippen LogP contribution is -2.32. The molecule has 5 nitrogen and oxygen atoms in total. The Morgan fingerprint density at radius 3 is 2.58 bits per heavy atom. The van der Waals surface area contributed by atoms with Gasteiger partial charge in [-0.2, -0.15) is 0 Å². The van der Waals surface area contributed by atoms with E-state index in [9.17, 15) is 8.42 Å². The number of nitrogens with zero attached hydrogens (tertiary/aromatic N) is 1. The third-order valence-electron chi connectivity index (χ3n) is 2.63. The minimum atomic E-state index is -3.26. The molecular formula is C13H23N3O2S. The second kappa shape index (κ2) is 7.57. The molecule has 0 aromatic carbocycles. The van der Waals surface area contributed by atoms with E-state index >= 15 is 0 Å². The van der Waals surface area contributed by atoms with Crippen molar-refractivity contribution in [1.29, 1.82) is 0 Å². The number of sulfonamides is 1. The van der Waals surface area contributed by atoms with Crippen LogP contribution in [0.5, 0.6) is 0 Å². The Morgan fingerprint density at radius 2 is 2.00 bits per heavy atom. The summed E-state index contributed by atoms with van der Waals surface area (Å²) >= 11 is 0. The van der Waals surface area contributed by atoms with Crippen molar-refractivity contribution in [1.82, 2.24) is 15.0 Å². The van der Waals surface area contributed by atoms with Crippen LogP contribution in [0.2, 0.25) is 0 Å². The number of nitrogens with one attached hydrogen (secondary N) is 2. The van der Waals surface area contributed by atoms with Crippen LogP contribution in [0.4, 0.5) is 0 Å². The van der Waals surface area contributed by atoms with Crippen molar-refractivity contribution in [3.63, 3.8) is 0 Å². The molecule has 0 amide bonds. The molecular weight excluding hydrogens is 262 g/mol. The molecule has 1 aromatic rings. The van der Waals surface area contributed by atoms with Crippen molar-refractivity contribution >= 4 is 10.0 Å². The van der Waals surface area contributed by atoms with E-state index in [4.69, 9.17) is 0 Å². The largest absolute Gasteiger partial charge is 0.314 e. The summed E-state index contributed by atoms with van der Waals surface area (Å²) in [5.41, 5.74) is 0.728. The Bertz CT molecular complexity index is 460. The maximum atomic E-state index is 11.9. The van der Waals surface area contributed by atoms with Gasteiger partial charge in [0.25, 0.3) is 0 Å². The summed E-state index contributed by atoms with van der Waals surface area (Å²) in [6.07, 6.45) is 2.26. The van der Waals surface area contributed by atoms with E-state index in [1.165, 1.54) is 0 Å². The highest BCUT2D eigenvalue weighted by molar-refractivity contribution is 7.89. The van der Waals surface area contributed by atoms with Crippen molar-refractivity contribution in [3.8, 4) is 0 Å². The molecule has 0 aliphatic heterocycles. The summed E-state index contributed by atoms with van der Waals surface area (Å²) in [5.74, 6) is 0.129. The Balaban J connectivity index is 2.42. The van der Waals surface area contributed by atoms with Crippen LogP contribution in [-0.4, -0.2) is 31.7 Å². The van der Waals surface area contributed by atoms with Gasteiger partial charge in [-0.1, -0.05) is 19.9 Å². The molecule has 108 valence electrons. The topological polar surface area (TPSA) is 71.1 Å². The Hall–Kier alpha value is -0.980. The highest BCUT2D eigenvalue weighted by Gasteiger charge is 2.15. The lowest BCUT2D eigenvalue weighted by molar-refractivity contribution is 0.550. The molecule has 0 fully saturated rings. The predicted molar refractivity (Wildman–Crippen MR) is 77.3 cm³/mol. The van der Waals surface area contributed by atoms with Gasteiger partial charge in [0.15, 0.2) is 0 Å². The average Bonchev–Trinajstić information content (AvgIpc) is 2.35. The highest BCUT2D eigenvalue weighted by atomic mass is 32.2. The van der Waals surface area contributed by atoms with Crippen LogP contribution in [0.15, 0.2) is 24.4 Å². The van der Waals surface area contributed by atoms with Crippen LogP contribution < -0.4 is 10.0 Å². The summed E-state index contributed by atoms with van der Waals surface area (Å²) in [7, 11) is -3.26.